The van der Waals surface area contributed by atoms with Crippen molar-refractivity contribution in [2.75, 3.05) is 26.1 Å². The van der Waals surface area contributed by atoms with E-state index in [2.05, 4.69) is 6.07 Å². The lowest BCUT2D eigenvalue weighted by Gasteiger charge is -2.13. The fourth-order valence-corrected chi connectivity index (χ4v) is 6.35. The van der Waals surface area contributed by atoms with Crippen LogP contribution in [0.4, 0.5) is 5.69 Å². The van der Waals surface area contributed by atoms with Crippen LogP contribution in [0.3, 0.4) is 0 Å². The molecule has 0 bridgehead atoms. The molecular weight excluding hydrogens is 582 g/mol. The minimum Gasteiger partial charge on any atom is -0.491 e. The highest BCUT2D eigenvalue weighted by Crippen LogP contribution is 2.42. The maximum absolute atomic E-state index is 12.6. The highest BCUT2D eigenvalue weighted by Gasteiger charge is 2.27. The van der Waals surface area contributed by atoms with Gasteiger partial charge in [-0.05, 0) is 29.8 Å². The van der Waals surface area contributed by atoms with Gasteiger partial charge >= 0.3 is 5.97 Å². The highest BCUT2D eigenvalue weighted by molar-refractivity contribution is 7.98. The first kappa shape index (κ1) is 28.4. The fourth-order valence-electron chi connectivity index (χ4n) is 4.42. The molecule has 9 nitrogen and oxygen atoms in total. The van der Waals surface area contributed by atoms with Crippen molar-refractivity contribution in [1.29, 1.82) is 5.26 Å². The molecule has 0 radical (unpaired) electrons. The van der Waals surface area contributed by atoms with E-state index in [1.165, 1.54) is 30.2 Å². The molecule has 0 aliphatic rings. The standard InChI is InChI=1S/C29H24ClN5O4S2/c1-35-25(29(37)38-2)24(32)23-22(16-5-9-20(10-6-16)39-12-11-36)21(13-31)28(34-26(23)35)41-15-19-14-40-27(33-19)17-3-7-18(30)8-4-17/h3-10,14,36H,11-12,15,32H2,1-2H3. The number of benzene rings is 2. The van der Waals surface area contributed by atoms with Crippen LogP contribution in [-0.2, 0) is 17.5 Å². The number of ether oxygens (including phenoxy) is 2. The van der Waals surface area contributed by atoms with E-state index >= 15 is 0 Å². The number of nitriles is 1. The van der Waals surface area contributed by atoms with E-state index in [9.17, 15) is 10.1 Å². The maximum Gasteiger partial charge on any atom is 0.356 e. The average Bonchev–Trinajstić information content (AvgIpc) is 3.56. The van der Waals surface area contributed by atoms with Gasteiger partial charge in [-0.15, -0.1) is 11.3 Å². The van der Waals surface area contributed by atoms with Gasteiger partial charge in [0.1, 0.15) is 34.1 Å². The van der Waals surface area contributed by atoms with Gasteiger partial charge in [-0.1, -0.05) is 47.6 Å². The third-order valence-corrected chi connectivity index (χ3v) is 8.52. The van der Waals surface area contributed by atoms with Crippen molar-refractivity contribution in [3.05, 3.63) is 75.9 Å². The van der Waals surface area contributed by atoms with Crippen molar-refractivity contribution in [3.8, 4) is 33.5 Å². The molecule has 0 saturated heterocycles. The van der Waals surface area contributed by atoms with Gasteiger partial charge in [0.2, 0.25) is 0 Å². The number of aryl methyl sites for hydroxylation is 1. The van der Waals surface area contributed by atoms with Gasteiger partial charge in [-0.25, -0.2) is 14.8 Å². The summed E-state index contributed by atoms with van der Waals surface area (Å²) in [5, 5.41) is 23.9. The molecule has 2 aromatic carbocycles. The van der Waals surface area contributed by atoms with Crippen LogP contribution in [0.15, 0.2) is 58.9 Å². The van der Waals surface area contributed by atoms with Crippen molar-refractivity contribution in [2.45, 2.75) is 10.8 Å². The van der Waals surface area contributed by atoms with Gasteiger partial charge in [0, 0.05) is 34.3 Å². The number of carbonyl (C=O) groups is 1. The quantitative estimate of drug-likeness (QED) is 0.155. The SMILES string of the molecule is COC(=O)c1c(N)c2c(-c3ccc(OCCO)cc3)c(C#N)c(SCc3csc(-c4ccc(Cl)cc4)n3)nc2n1C. The number of aliphatic hydroxyl groups is 1. The van der Waals surface area contributed by atoms with Crippen LogP contribution in [-0.4, -0.2) is 45.9 Å². The number of esters is 1. The van der Waals surface area contributed by atoms with Gasteiger partial charge in [0.25, 0.3) is 0 Å². The largest absolute Gasteiger partial charge is 0.491 e. The summed E-state index contributed by atoms with van der Waals surface area (Å²) in [6, 6.07) is 16.9. The van der Waals surface area contributed by atoms with E-state index in [0.29, 0.717) is 49.3 Å². The third kappa shape index (κ3) is 5.60. The second kappa shape index (κ2) is 12.2. The molecule has 0 aliphatic carbocycles. The minimum atomic E-state index is -0.605. The van der Waals surface area contributed by atoms with Crippen LogP contribution in [0.1, 0.15) is 21.7 Å². The Balaban J connectivity index is 1.59. The number of hydrogen-bond donors (Lipinski definition) is 2. The Labute approximate surface area is 249 Å². The van der Waals surface area contributed by atoms with Gasteiger partial charge in [-0.2, -0.15) is 5.26 Å². The van der Waals surface area contributed by atoms with Crippen molar-refractivity contribution in [2.24, 2.45) is 7.05 Å². The molecule has 0 aliphatic heterocycles. The van der Waals surface area contributed by atoms with Gasteiger partial charge in [0.05, 0.1) is 36.0 Å². The predicted molar refractivity (Wildman–Crippen MR) is 161 cm³/mol. The van der Waals surface area contributed by atoms with Crippen LogP contribution in [0.25, 0.3) is 32.7 Å². The zero-order chi connectivity index (χ0) is 29.1. The van der Waals surface area contributed by atoms with Gasteiger partial charge in [0.15, 0.2) is 5.69 Å². The zero-order valence-corrected chi connectivity index (χ0v) is 24.4. The molecule has 0 amide bonds. The zero-order valence-electron chi connectivity index (χ0n) is 22.1. The van der Waals surface area contributed by atoms with Crippen LogP contribution in [0, 0.1) is 11.3 Å². The number of nitrogen functional groups attached to an aromatic ring is 1. The van der Waals surface area contributed by atoms with E-state index in [0.717, 1.165) is 16.3 Å². The number of methoxy groups -OCH3 is 1. The molecule has 3 N–H and O–H groups in total. The van der Waals surface area contributed by atoms with E-state index in [1.807, 2.05) is 29.6 Å². The van der Waals surface area contributed by atoms with Crippen LogP contribution in [0.2, 0.25) is 5.02 Å². The number of aliphatic hydroxyl groups excluding tert-OH is 1. The van der Waals surface area contributed by atoms with Gasteiger partial charge in [-0.3, -0.25) is 0 Å². The molecule has 0 atom stereocenters. The number of carbonyl (C=O) groups excluding carboxylic acids is 1. The van der Waals surface area contributed by atoms with Crippen LogP contribution in [0.5, 0.6) is 5.75 Å². The Morgan fingerprint density at radius 3 is 2.54 bits per heavy atom. The molecule has 12 heteroatoms. The molecule has 0 spiro atoms. The van der Waals surface area contributed by atoms with E-state index in [-0.39, 0.29) is 24.6 Å². The summed E-state index contributed by atoms with van der Waals surface area (Å²) in [6.07, 6.45) is 0. The summed E-state index contributed by atoms with van der Waals surface area (Å²) < 4.78 is 12.1. The Morgan fingerprint density at radius 1 is 1.17 bits per heavy atom. The number of pyridine rings is 1. The Hall–Kier alpha value is -4.08. The number of thiazole rings is 1. The number of thioether (sulfide) groups is 1. The summed E-state index contributed by atoms with van der Waals surface area (Å²) in [5.41, 5.74) is 10.7. The number of fused-ring (bicyclic) bond motifs is 1. The molecule has 3 aromatic heterocycles. The molecule has 5 rings (SSSR count). The predicted octanol–water partition coefficient (Wildman–Crippen LogP) is 5.92. The number of nitrogens with two attached hydrogens (primary N) is 1. The molecule has 3 heterocycles. The van der Waals surface area contributed by atoms with Crippen molar-refractivity contribution >= 4 is 57.4 Å². The molecule has 0 unspecified atom stereocenters. The summed E-state index contributed by atoms with van der Waals surface area (Å²) in [4.78, 5) is 22.2. The lowest BCUT2D eigenvalue weighted by Crippen LogP contribution is -2.10. The van der Waals surface area contributed by atoms with E-state index in [1.54, 1.807) is 35.9 Å². The summed E-state index contributed by atoms with van der Waals surface area (Å²) in [6.45, 7) is 0.0521. The second-order valence-corrected chi connectivity index (χ2v) is 11.1. The Morgan fingerprint density at radius 2 is 1.88 bits per heavy atom. The average molecular weight is 606 g/mol. The second-order valence-electron chi connectivity index (χ2n) is 8.83. The lowest BCUT2D eigenvalue weighted by atomic mass is 9.98. The third-order valence-electron chi connectivity index (χ3n) is 6.32. The van der Waals surface area contributed by atoms with E-state index < -0.39 is 5.97 Å². The lowest BCUT2D eigenvalue weighted by molar-refractivity contribution is 0.0591. The first-order valence-corrected chi connectivity index (χ1v) is 14.6. The number of halogens is 1. The van der Waals surface area contributed by atoms with Crippen molar-refractivity contribution < 1.29 is 19.4 Å². The summed E-state index contributed by atoms with van der Waals surface area (Å²) in [7, 11) is 2.97. The van der Waals surface area contributed by atoms with Crippen molar-refractivity contribution in [3.63, 3.8) is 0 Å². The van der Waals surface area contributed by atoms with Crippen LogP contribution < -0.4 is 10.5 Å². The molecule has 0 fully saturated rings. The Kier molecular flexibility index (Phi) is 8.46. The number of rotatable bonds is 9. The molecule has 41 heavy (non-hydrogen) atoms. The van der Waals surface area contributed by atoms with Crippen molar-refractivity contribution in [1.82, 2.24) is 14.5 Å². The highest BCUT2D eigenvalue weighted by atomic mass is 35.5. The number of aromatic nitrogens is 3. The first-order valence-electron chi connectivity index (χ1n) is 12.3. The first-order chi connectivity index (χ1) is 19.9. The molecule has 0 saturated carbocycles. The Bertz CT molecular complexity index is 1780. The normalized spacial score (nSPS) is 11.0. The number of nitrogens with zero attached hydrogens (tertiary/aromatic N) is 4. The molecular formula is C29H24ClN5O4S2. The fraction of sp³-hybridized carbons (Fsp3) is 0.172. The molecule has 208 valence electrons. The number of anilines is 1. The minimum absolute atomic E-state index is 0.108. The van der Waals surface area contributed by atoms with E-state index in [4.69, 9.17) is 41.9 Å². The maximum atomic E-state index is 12.6. The smallest absolute Gasteiger partial charge is 0.356 e. The molecule has 5 aromatic rings. The summed E-state index contributed by atoms with van der Waals surface area (Å²) >= 11 is 8.92. The summed E-state index contributed by atoms with van der Waals surface area (Å²) in [5.74, 6) is 0.429. The van der Waals surface area contributed by atoms with Crippen LogP contribution >= 0.6 is 34.7 Å². The van der Waals surface area contributed by atoms with Gasteiger partial charge < -0.3 is 24.9 Å². The topological polar surface area (TPSA) is 136 Å². The number of hydrogen-bond acceptors (Lipinski definition) is 10. The monoisotopic (exact) mass is 605 g/mol.